The van der Waals surface area contributed by atoms with Crippen LogP contribution in [-0.2, 0) is 6.54 Å². The van der Waals surface area contributed by atoms with Gasteiger partial charge in [-0.2, -0.15) is 0 Å². The van der Waals surface area contributed by atoms with Crippen LogP contribution in [0.15, 0.2) is 36.4 Å². The lowest BCUT2D eigenvalue weighted by molar-refractivity contribution is 0.0746. The smallest absolute Gasteiger partial charge is 0.274 e. The van der Waals surface area contributed by atoms with Crippen LogP contribution in [0.5, 0.6) is 0 Å². The molecule has 2 aromatic rings. The van der Waals surface area contributed by atoms with Gasteiger partial charge in [0.05, 0.1) is 5.02 Å². The number of aryl methyl sites for hydroxylation is 1. The lowest BCUT2D eigenvalue weighted by atomic mass is 10.1. The summed E-state index contributed by atoms with van der Waals surface area (Å²) in [6.45, 7) is 5.04. The Morgan fingerprint density at radius 1 is 1.19 bits per heavy atom. The van der Waals surface area contributed by atoms with Crippen LogP contribution in [0, 0.1) is 6.92 Å². The third kappa shape index (κ3) is 3.74. The molecule has 2 rings (SSSR count). The summed E-state index contributed by atoms with van der Waals surface area (Å²) < 4.78 is 0. The van der Waals surface area contributed by atoms with Crippen LogP contribution in [0.4, 0.5) is 0 Å². The Balaban J connectivity index is 2.27. The molecule has 1 amide bonds. The first kappa shape index (κ1) is 15.8. The maximum Gasteiger partial charge on any atom is 0.274 e. The summed E-state index contributed by atoms with van der Waals surface area (Å²) in [7, 11) is 0. The van der Waals surface area contributed by atoms with Gasteiger partial charge in [-0.3, -0.25) is 4.79 Å². The van der Waals surface area contributed by atoms with E-state index in [9.17, 15) is 4.79 Å². The molecule has 1 heterocycles. The molecule has 0 saturated heterocycles. The maximum atomic E-state index is 12.6. The average Bonchev–Trinajstić information content (AvgIpc) is 2.48. The van der Waals surface area contributed by atoms with Gasteiger partial charge in [-0.25, -0.2) is 4.98 Å². The van der Waals surface area contributed by atoms with Gasteiger partial charge in [-0.05, 0) is 37.1 Å². The van der Waals surface area contributed by atoms with Crippen LogP contribution in [0.2, 0.25) is 10.2 Å². The van der Waals surface area contributed by atoms with Crippen LogP contribution < -0.4 is 0 Å². The molecule has 0 bridgehead atoms. The van der Waals surface area contributed by atoms with Crippen molar-refractivity contribution in [3.05, 3.63) is 63.4 Å². The number of amides is 1. The van der Waals surface area contributed by atoms with Crippen LogP contribution in [-0.4, -0.2) is 22.3 Å². The molecule has 0 unspecified atom stereocenters. The number of carbonyl (C=O) groups excluding carboxylic acids is 1. The monoisotopic (exact) mass is 322 g/mol. The average molecular weight is 323 g/mol. The van der Waals surface area contributed by atoms with Crippen molar-refractivity contribution in [2.75, 3.05) is 6.54 Å². The van der Waals surface area contributed by atoms with Gasteiger partial charge in [-0.1, -0.05) is 47.5 Å². The summed E-state index contributed by atoms with van der Waals surface area (Å²) in [5.74, 6) is -0.215. The third-order valence-corrected chi connectivity index (χ3v) is 3.82. The van der Waals surface area contributed by atoms with E-state index >= 15 is 0 Å². The quantitative estimate of drug-likeness (QED) is 0.783. The minimum atomic E-state index is -0.215. The highest BCUT2D eigenvalue weighted by Gasteiger charge is 2.19. The number of pyridine rings is 1. The van der Waals surface area contributed by atoms with E-state index in [0.29, 0.717) is 18.1 Å². The Bertz CT molecular complexity index is 658. The highest BCUT2D eigenvalue weighted by molar-refractivity contribution is 6.34. The first-order chi connectivity index (χ1) is 10.0. The fraction of sp³-hybridized carbons (Fsp3) is 0.250. The number of aromatic nitrogens is 1. The van der Waals surface area contributed by atoms with Gasteiger partial charge in [0.15, 0.2) is 0 Å². The highest BCUT2D eigenvalue weighted by Crippen LogP contribution is 2.20. The molecule has 0 aliphatic heterocycles. The normalized spacial score (nSPS) is 10.5. The van der Waals surface area contributed by atoms with E-state index in [0.717, 1.165) is 11.1 Å². The van der Waals surface area contributed by atoms with Gasteiger partial charge in [-0.15, -0.1) is 0 Å². The van der Waals surface area contributed by atoms with Crippen molar-refractivity contribution < 1.29 is 4.79 Å². The second kappa shape index (κ2) is 6.92. The lowest BCUT2D eigenvalue weighted by Crippen LogP contribution is -2.31. The molecule has 21 heavy (non-hydrogen) atoms. The molecule has 0 aliphatic carbocycles. The molecule has 110 valence electrons. The fourth-order valence-corrected chi connectivity index (χ4v) is 2.37. The minimum absolute atomic E-state index is 0.194. The molecular formula is C16H16Cl2N2O. The van der Waals surface area contributed by atoms with E-state index in [4.69, 9.17) is 23.2 Å². The zero-order valence-corrected chi connectivity index (χ0v) is 13.4. The largest absolute Gasteiger partial charge is 0.333 e. The minimum Gasteiger partial charge on any atom is -0.333 e. The first-order valence-electron chi connectivity index (χ1n) is 6.68. The Morgan fingerprint density at radius 2 is 1.90 bits per heavy atom. The zero-order chi connectivity index (χ0) is 15.4. The molecule has 0 aliphatic rings. The molecule has 0 N–H and O–H groups in total. The van der Waals surface area contributed by atoms with Gasteiger partial charge >= 0.3 is 0 Å². The van der Waals surface area contributed by atoms with Crippen molar-refractivity contribution in [2.24, 2.45) is 0 Å². The molecule has 1 aromatic carbocycles. The number of nitrogens with zero attached hydrogens (tertiary/aromatic N) is 2. The number of hydrogen-bond donors (Lipinski definition) is 0. The lowest BCUT2D eigenvalue weighted by Gasteiger charge is -2.22. The van der Waals surface area contributed by atoms with Crippen molar-refractivity contribution in [3.8, 4) is 0 Å². The summed E-state index contributed by atoms with van der Waals surface area (Å²) in [5, 5.41) is 0.572. The van der Waals surface area contributed by atoms with Gasteiger partial charge < -0.3 is 4.90 Å². The van der Waals surface area contributed by atoms with E-state index in [2.05, 4.69) is 4.98 Å². The fourth-order valence-electron chi connectivity index (χ4n) is 2.04. The predicted octanol–water partition coefficient (Wildman–Crippen LogP) is 4.36. The molecule has 0 radical (unpaired) electrons. The number of benzene rings is 1. The van der Waals surface area contributed by atoms with Crippen molar-refractivity contribution in [1.29, 1.82) is 0 Å². The van der Waals surface area contributed by atoms with Crippen LogP contribution in [0.1, 0.15) is 28.5 Å². The van der Waals surface area contributed by atoms with E-state index in [1.807, 2.05) is 38.1 Å². The molecule has 0 fully saturated rings. The Morgan fingerprint density at radius 3 is 2.57 bits per heavy atom. The number of rotatable bonds is 4. The van der Waals surface area contributed by atoms with Gasteiger partial charge in [0.1, 0.15) is 10.8 Å². The summed E-state index contributed by atoms with van der Waals surface area (Å²) in [4.78, 5) is 18.3. The van der Waals surface area contributed by atoms with Crippen molar-refractivity contribution in [3.63, 3.8) is 0 Å². The highest BCUT2D eigenvalue weighted by atomic mass is 35.5. The second-order valence-electron chi connectivity index (χ2n) is 4.71. The second-order valence-corrected chi connectivity index (χ2v) is 5.50. The van der Waals surface area contributed by atoms with Crippen LogP contribution in [0.3, 0.4) is 0 Å². The molecule has 1 aromatic heterocycles. The SMILES string of the molecule is CCN(Cc1ccccc1C)C(=O)c1nc(Cl)ccc1Cl. The Hall–Kier alpha value is -1.58. The summed E-state index contributed by atoms with van der Waals surface area (Å²) >= 11 is 11.9. The van der Waals surface area contributed by atoms with Gasteiger partial charge in [0.25, 0.3) is 5.91 Å². The first-order valence-corrected chi connectivity index (χ1v) is 7.44. The zero-order valence-electron chi connectivity index (χ0n) is 11.9. The van der Waals surface area contributed by atoms with Crippen LogP contribution in [0.25, 0.3) is 0 Å². The van der Waals surface area contributed by atoms with E-state index in [1.54, 1.807) is 17.0 Å². The standard InChI is InChI=1S/C16H16Cl2N2O/c1-3-20(10-12-7-5-4-6-11(12)2)16(21)15-13(17)8-9-14(18)19-15/h4-9H,3,10H2,1-2H3. The number of hydrogen-bond acceptors (Lipinski definition) is 2. The van der Waals surface area contributed by atoms with E-state index in [-0.39, 0.29) is 16.8 Å². The van der Waals surface area contributed by atoms with Crippen molar-refractivity contribution in [2.45, 2.75) is 20.4 Å². The summed E-state index contributed by atoms with van der Waals surface area (Å²) in [6.07, 6.45) is 0. The molecule has 0 atom stereocenters. The molecule has 3 nitrogen and oxygen atoms in total. The molecular weight excluding hydrogens is 307 g/mol. The van der Waals surface area contributed by atoms with Crippen LogP contribution >= 0.6 is 23.2 Å². The van der Waals surface area contributed by atoms with E-state index < -0.39 is 0 Å². The topological polar surface area (TPSA) is 33.2 Å². The molecule has 0 spiro atoms. The van der Waals surface area contributed by atoms with Gasteiger partial charge in [0, 0.05) is 13.1 Å². The summed E-state index contributed by atoms with van der Waals surface area (Å²) in [5.41, 5.74) is 2.44. The summed E-state index contributed by atoms with van der Waals surface area (Å²) in [6, 6.07) is 11.1. The number of carbonyl (C=O) groups is 1. The van der Waals surface area contributed by atoms with Crippen molar-refractivity contribution >= 4 is 29.1 Å². The third-order valence-electron chi connectivity index (χ3n) is 3.31. The Labute approximate surface area is 134 Å². The molecule has 0 saturated carbocycles. The Kier molecular flexibility index (Phi) is 5.21. The maximum absolute atomic E-state index is 12.6. The van der Waals surface area contributed by atoms with Crippen molar-refractivity contribution in [1.82, 2.24) is 9.88 Å². The van der Waals surface area contributed by atoms with Gasteiger partial charge in [0.2, 0.25) is 0 Å². The number of halogens is 2. The molecule has 5 heteroatoms. The van der Waals surface area contributed by atoms with E-state index in [1.165, 1.54) is 0 Å². The predicted molar refractivity (Wildman–Crippen MR) is 85.9 cm³/mol.